The Morgan fingerprint density at radius 2 is 1.85 bits per heavy atom. The minimum absolute atomic E-state index is 0.242. The molecular weight excluding hydrogens is 364 g/mol. The van der Waals surface area contributed by atoms with Gasteiger partial charge in [-0.3, -0.25) is 0 Å². The van der Waals surface area contributed by atoms with Crippen LogP contribution in [0.25, 0.3) is 0 Å². The van der Waals surface area contributed by atoms with Gasteiger partial charge in [0, 0.05) is 5.33 Å². The lowest BCUT2D eigenvalue weighted by Gasteiger charge is -2.16. The molecule has 20 heavy (non-hydrogen) atoms. The van der Waals surface area contributed by atoms with Gasteiger partial charge < -0.3 is 9.84 Å². The molecule has 112 valence electrons. The van der Waals surface area contributed by atoms with Crippen molar-refractivity contribution in [3.05, 3.63) is 22.9 Å². The van der Waals surface area contributed by atoms with Gasteiger partial charge >= 0.3 is 18.5 Å². The van der Waals surface area contributed by atoms with Crippen molar-refractivity contribution >= 4 is 21.9 Å². The molecule has 1 aromatic rings. The highest BCUT2D eigenvalue weighted by Gasteiger charge is 2.41. The van der Waals surface area contributed by atoms with Crippen LogP contribution < -0.4 is 4.74 Å². The van der Waals surface area contributed by atoms with E-state index in [0.29, 0.717) is 0 Å². The van der Waals surface area contributed by atoms with Crippen LogP contribution in [0.1, 0.15) is 21.6 Å². The zero-order valence-corrected chi connectivity index (χ0v) is 10.7. The van der Waals surface area contributed by atoms with Crippen molar-refractivity contribution in [3.8, 4) is 5.88 Å². The lowest BCUT2D eigenvalue weighted by Crippen LogP contribution is -2.22. The molecule has 4 nitrogen and oxygen atoms in total. The van der Waals surface area contributed by atoms with Crippen LogP contribution in [0.15, 0.2) is 6.07 Å². The van der Waals surface area contributed by atoms with Crippen molar-refractivity contribution in [2.45, 2.75) is 17.9 Å². The number of alkyl halides is 7. The van der Waals surface area contributed by atoms with Gasteiger partial charge in [-0.05, 0) is 11.6 Å². The van der Waals surface area contributed by atoms with E-state index in [-0.39, 0.29) is 11.4 Å². The van der Waals surface area contributed by atoms with E-state index in [9.17, 15) is 31.1 Å². The van der Waals surface area contributed by atoms with E-state index in [0.717, 1.165) is 0 Å². The van der Waals surface area contributed by atoms with Crippen LogP contribution in [0, 0.1) is 0 Å². The van der Waals surface area contributed by atoms with Crippen LogP contribution in [0.3, 0.4) is 0 Å². The smallest absolute Gasteiger partial charge is 0.476 e. The fraction of sp³-hybridized carbons (Fsp3) is 0.333. The number of nitrogens with zero attached hydrogens (tertiary/aromatic N) is 1. The van der Waals surface area contributed by atoms with E-state index in [1.54, 1.807) is 0 Å². The van der Waals surface area contributed by atoms with Gasteiger partial charge in [-0.2, -0.15) is 13.2 Å². The van der Waals surface area contributed by atoms with E-state index in [1.807, 2.05) is 0 Å². The zero-order valence-electron chi connectivity index (χ0n) is 9.14. The Morgan fingerprint density at radius 1 is 1.30 bits per heavy atom. The van der Waals surface area contributed by atoms with Crippen LogP contribution in [-0.4, -0.2) is 22.4 Å². The Hall–Kier alpha value is -1.52. The highest BCUT2D eigenvalue weighted by molar-refractivity contribution is 9.08. The third kappa shape index (κ3) is 3.99. The number of aromatic nitrogens is 1. The number of carboxylic acids is 1. The third-order valence-electron chi connectivity index (χ3n) is 1.93. The molecule has 0 saturated carbocycles. The molecule has 1 heterocycles. The lowest BCUT2D eigenvalue weighted by molar-refractivity contribution is -0.277. The summed E-state index contributed by atoms with van der Waals surface area (Å²) in [7, 11) is 0. The number of aromatic carboxylic acids is 1. The molecule has 0 aliphatic carbocycles. The molecule has 11 heteroatoms. The van der Waals surface area contributed by atoms with Crippen LogP contribution in [0.5, 0.6) is 5.88 Å². The highest BCUT2D eigenvalue weighted by Crippen LogP contribution is 2.38. The van der Waals surface area contributed by atoms with Crippen LogP contribution >= 0.6 is 15.9 Å². The van der Waals surface area contributed by atoms with Crippen molar-refractivity contribution in [2.75, 3.05) is 0 Å². The zero-order chi connectivity index (χ0) is 15.7. The Bertz CT molecular complexity index is 528. The molecular formula is C9H4BrF6NO3. The van der Waals surface area contributed by atoms with Crippen molar-refractivity contribution in [1.82, 2.24) is 4.98 Å². The first-order valence-corrected chi connectivity index (χ1v) is 5.74. The van der Waals surface area contributed by atoms with E-state index in [4.69, 9.17) is 5.11 Å². The molecule has 0 atom stereocenters. The summed E-state index contributed by atoms with van der Waals surface area (Å²) < 4.78 is 77.1. The molecule has 0 bridgehead atoms. The summed E-state index contributed by atoms with van der Waals surface area (Å²) in [6, 6.07) is 0.242. The highest BCUT2D eigenvalue weighted by atomic mass is 79.9. The van der Waals surface area contributed by atoms with Crippen molar-refractivity contribution in [2.24, 2.45) is 0 Å². The Kier molecular flexibility index (Phi) is 4.52. The summed E-state index contributed by atoms with van der Waals surface area (Å²) in [5.41, 5.74) is -3.21. The van der Waals surface area contributed by atoms with Gasteiger partial charge in [0.25, 0.3) is 0 Å². The van der Waals surface area contributed by atoms with E-state index >= 15 is 0 Å². The fourth-order valence-corrected chi connectivity index (χ4v) is 1.64. The molecule has 0 radical (unpaired) electrons. The summed E-state index contributed by atoms with van der Waals surface area (Å²) in [4.78, 5) is 13.6. The monoisotopic (exact) mass is 367 g/mol. The first-order valence-electron chi connectivity index (χ1n) is 4.62. The molecule has 1 N–H and O–H groups in total. The van der Waals surface area contributed by atoms with Gasteiger partial charge in [0.15, 0.2) is 5.69 Å². The van der Waals surface area contributed by atoms with Crippen LogP contribution in [0.4, 0.5) is 26.3 Å². The van der Waals surface area contributed by atoms with E-state index in [1.165, 1.54) is 0 Å². The number of rotatable bonds is 3. The topological polar surface area (TPSA) is 59.4 Å². The maximum atomic E-state index is 12.6. The van der Waals surface area contributed by atoms with Crippen LogP contribution in [-0.2, 0) is 11.5 Å². The molecule has 1 rings (SSSR count). The second-order valence-electron chi connectivity index (χ2n) is 3.33. The average Bonchev–Trinajstić information content (AvgIpc) is 2.24. The minimum Gasteiger partial charge on any atom is -0.476 e. The van der Waals surface area contributed by atoms with Crippen LogP contribution in [0.2, 0.25) is 0 Å². The standard InChI is InChI=1S/C9H4BrF6NO3/c10-2-3-1-4(8(11,12)13)6(20-9(14,15)16)17-5(3)7(18)19/h1H,2H2,(H,18,19). The third-order valence-corrected chi connectivity index (χ3v) is 2.53. The number of ether oxygens (including phenoxy) is 1. The first kappa shape index (κ1) is 16.5. The normalized spacial score (nSPS) is 12.3. The Balaban J connectivity index is 3.52. The van der Waals surface area contributed by atoms with Gasteiger partial charge in [0.1, 0.15) is 5.56 Å². The summed E-state index contributed by atoms with van der Waals surface area (Å²) in [5.74, 6) is -3.63. The SMILES string of the molecule is O=C(O)c1nc(OC(F)(F)F)c(C(F)(F)F)cc1CBr. The molecule has 1 aromatic heterocycles. The largest absolute Gasteiger partial charge is 0.574 e. The van der Waals surface area contributed by atoms with Gasteiger partial charge in [-0.1, -0.05) is 15.9 Å². The predicted octanol–water partition coefficient (Wildman–Crippen LogP) is 3.59. The number of halogens is 7. The van der Waals surface area contributed by atoms with E-state index in [2.05, 4.69) is 25.7 Å². The second-order valence-corrected chi connectivity index (χ2v) is 3.89. The number of hydrogen-bond acceptors (Lipinski definition) is 3. The molecule has 0 saturated heterocycles. The molecule has 0 aliphatic rings. The van der Waals surface area contributed by atoms with Crippen molar-refractivity contribution in [1.29, 1.82) is 0 Å². The Labute approximate surface area is 115 Å². The maximum Gasteiger partial charge on any atom is 0.574 e. The summed E-state index contributed by atoms with van der Waals surface area (Å²) >= 11 is 2.73. The van der Waals surface area contributed by atoms with Gasteiger partial charge in [-0.15, -0.1) is 13.2 Å². The number of pyridine rings is 1. The maximum absolute atomic E-state index is 12.6. The van der Waals surface area contributed by atoms with E-state index < -0.39 is 41.2 Å². The minimum atomic E-state index is -5.43. The molecule has 0 unspecified atom stereocenters. The quantitative estimate of drug-likeness (QED) is 0.655. The average molecular weight is 368 g/mol. The molecule has 0 amide bonds. The predicted molar refractivity (Wildman–Crippen MR) is 55.5 cm³/mol. The molecule has 0 spiro atoms. The number of carbonyl (C=O) groups is 1. The van der Waals surface area contributed by atoms with Gasteiger partial charge in [0.2, 0.25) is 5.88 Å². The molecule has 0 aromatic carbocycles. The Morgan fingerprint density at radius 3 is 2.20 bits per heavy atom. The molecule has 0 fully saturated rings. The summed E-state index contributed by atoms with van der Waals surface area (Å²) in [6.45, 7) is 0. The van der Waals surface area contributed by atoms with Gasteiger partial charge in [0.05, 0.1) is 0 Å². The summed E-state index contributed by atoms with van der Waals surface area (Å²) in [6.07, 6.45) is -10.6. The number of carboxylic acid groups (broad SMARTS) is 1. The lowest BCUT2D eigenvalue weighted by atomic mass is 10.1. The fourth-order valence-electron chi connectivity index (χ4n) is 1.22. The van der Waals surface area contributed by atoms with Crippen molar-refractivity contribution in [3.63, 3.8) is 0 Å². The number of hydrogen-bond donors (Lipinski definition) is 1. The van der Waals surface area contributed by atoms with Gasteiger partial charge in [-0.25, -0.2) is 9.78 Å². The summed E-state index contributed by atoms with van der Waals surface area (Å²) in [5, 5.41) is 8.38. The first-order chi connectivity index (χ1) is 8.95. The molecule has 0 aliphatic heterocycles. The second kappa shape index (κ2) is 5.46. The van der Waals surface area contributed by atoms with Crippen molar-refractivity contribution < 1.29 is 41.0 Å².